The summed E-state index contributed by atoms with van der Waals surface area (Å²) in [5, 5.41) is 5.00. The molecule has 0 aliphatic heterocycles. The molecular weight excluding hydrogens is 320 g/mol. The number of nitrogens with one attached hydrogen (secondary N) is 2. The maximum absolute atomic E-state index is 11.5. The first-order valence-electron chi connectivity index (χ1n) is 4.98. The quantitative estimate of drug-likeness (QED) is 0.886. The van der Waals surface area contributed by atoms with Crippen LogP contribution in [0.25, 0.3) is 0 Å². The Morgan fingerprint density at radius 1 is 1.39 bits per heavy atom. The lowest BCUT2D eigenvalue weighted by molar-refractivity contribution is 0.253. The molecule has 0 saturated carbocycles. The van der Waals surface area contributed by atoms with Crippen LogP contribution in [0.4, 0.5) is 10.5 Å². The fraction of sp³-hybridized carbons (Fsp3) is 0.182. The van der Waals surface area contributed by atoms with Gasteiger partial charge in [0.15, 0.2) is 9.84 Å². The first kappa shape index (κ1) is 14.7. The highest BCUT2D eigenvalue weighted by Crippen LogP contribution is 2.20. The van der Waals surface area contributed by atoms with Gasteiger partial charge in [-0.05, 0) is 12.1 Å². The van der Waals surface area contributed by atoms with Crippen molar-refractivity contribution in [1.82, 2.24) is 5.32 Å². The Morgan fingerprint density at radius 2 is 2.00 bits per heavy atom. The number of halogens is 1. The molecule has 18 heavy (non-hydrogen) atoms. The van der Waals surface area contributed by atoms with Gasteiger partial charge in [-0.3, -0.25) is 0 Å². The number of benzene rings is 1. The largest absolute Gasteiger partial charge is 0.333 e. The zero-order valence-corrected chi connectivity index (χ0v) is 12.1. The Morgan fingerprint density at radius 3 is 2.56 bits per heavy atom. The van der Waals surface area contributed by atoms with E-state index in [0.29, 0.717) is 4.48 Å². The number of hydrogen-bond acceptors (Lipinski definition) is 3. The predicted molar refractivity (Wildman–Crippen MR) is 74.6 cm³/mol. The van der Waals surface area contributed by atoms with Crippen molar-refractivity contribution in [2.24, 2.45) is 0 Å². The Hall–Kier alpha value is -1.34. The standard InChI is InChI=1S/C11H13BrN2O3S/c1-8(12)7-13-11(15)14-9-5-3-4-6-10(9)18(2,16)17/h3-6H,1,7H2,2H3,(H2,13,14,15). The molecule has 0 aliphatic rings. The Balaban J connectivity index is 2.85. The van der Waals surface area contributed by atoms with Crippen LogP contribution in [0, 0.1) is 0 Å². The van der Waals surface area contributed by atoms with Crippen molar-refractivity contribution >= 4 is 37.5 Å². The Labute approximate surface area is 114 Å². The highest BCUT2D eigenvalue weighted by atomic mass is 79.9. The second-order valence-electron chi connectivity index (χ2n) is 3.59. The van der Waals surface area contributed by atoms with Gasteiger partial charge < -0.3 is 10.6 Å². The van der Waals surface area contributed by atoms with Crippen molar-refractivity contribution in [1.29, 1.82) is 0 Å². The van der Waals surface area contributed by atoms with E-state index >= 15 is 0 Å². The minimum atomic E-state index is -3.38. The lowest BCUT2D eigenvalue weighted by atomic mass is 10.3. The summed E-state index contributed by atoms with van der Waals surface area (Å²) in [6.07, 6.45) is 1.09. The maximum Gasteiger partial charge on any atom is 0.319 e. The van der Waals surface area contributed by atoms with E-state index < -0.39 is 15.9 Å². The fourth-order valence-electron chi connectivity index (χ4n) is 1.24. The summed E-state index contributed by atoms with van der Waals surface area (Å²) < 4.78 is 23.6. The van der Waals surface area contributed by atoms with E-state index in [0.717, 1.165) is 6.26 Å². The minimum absolute atomic E-state index is 0.0813. The number of rotatable bonds is 4. The second-order valence-corrected chi connectivity index (χ2v) is 6.70. The molecule has 5 nitrogen and oxygen atoms in total. The van der Waals surface area contributed by atoms with Gasteiger partial charge >= 0.3 is 6.03 Å². The Bertz CT molecular complexity index is 569. The normalized spacial score (nSPS) is 10.8. The average Bonchev–Trinajstić information content (AvgIpc) is 2.25. The molecular formula is C11H13BrN2O3S. The molecule has 1 aromatic rings. The van der Waals surface area contributed by atoms with Crippen molar-refractivity contribution in [3.63, 3.8) is 0 Å². The highest BCUT2D eigenvalue weighted by molar-refractivity contribution is 9.11. The van der Waals surface area contributed by atoms with Crippen LogP contribution in [-0.4, -0.2) is 27.2 Å². The molecule has 0 spiro atoms. The van der Waals surface area contributed by atoms with Gasteiger partial charge in [0.1, 0.15) is 0 Å². The number of amides is 2. The molecule has 0 saturated heterocycles. The number of carbonyl (C=O) groups is 1. The molecule has 2 N–H and O–H groups in total. The molecule has 7 heteroatoms. The molecule has 0 fully saturated rings. The number of hydrogen-bond donors (Lipinski definition) is 2. The van der Waals surface area contributed by atoms with Crippen molar-refractivity contribution in [3.8, 4) is 0 Å². The van der Waals surface area contributed by atoms with Crippen LogP contribution >= 0.6 is 15.9 Å². The van der Waals surface area contributed by atoms with Crippen LogP contribution in [0.2, 0.25) is 0 Å². The molecule has 0 aliphatic carbocycles. The number of urea groups is 1. The first-order chi connectivity index (χ1) is 8.30. The highest BCUT2D eigenvalue weighted by Gasteiger charge is 2.14. The summed E-state index contributed by atoms with van der Waals surface area (Å²) in [7, 11) is -3.38. The molecule has 1 rings (SSSR count). The van der Waals surface area contributed by atoms with Crippen LogP contribution in [0.5, 0.6) is 0 Å². The van der Waals surface area contributed by atoms with Crippen LogP contribution < -0.4 is 10.6 Å². The molecule has 0 unspecified atom stereocenters. The van der Waals surface area contributed by atoms with Crippen molar-refractivity contribution in [2.45, 2.75) is 4.90 Å². The first-order valence-corrected chi connectivity index (χ1v) is 7.66. The molecule has 0 heterocycles. The molecule has 1 aromatic carbocycles. The Kier molecular flexibility index (Phi) is 4.92. The average molecular weight is 333 g/mol. The third-order valence-electron chi connectivity index (χ3n) is 1.98. The SMILES string of the molecule is C=C(Br)CNC(=O)Nc1ccccc1S(C)(=O)=O. The number of carbonyl (C=O) groups excluding carboxylic acids is 1. The molecule has 98 valence electrons. The number of anilines is 1. The van der Waals surface area contributed by atoms with E-state index in [2.05, 4.69) is 33.1 Å². The van der Waals surface area contributed by atoms with E-state index in [9.17, 15) is 13.2 Å². The third kappa shape index (κ3) is 4.50. The van der Waals surface area contributed by atoms with E-state index in [-0.39, 0.29) is 17.1 Å². The van der Waals surface area contributed by atoms with E-state index in [1.54, 1.807) is 12.1 Å². The predicted octanol–water partition coefficient (Wildman–Crippen LogP) is 2.12. The molecule has 0 bridgehead atoms. The van der Waals surface area contributed by atoms with Crippen LogP contribution in [0.1, 0.15) is 0 Å². The summed E-state index contributed by atoms with van der Waals surface area (Å²) in [6, 6.07) is 5.72. The van der Waals surface area contributed by atoms with Crippen molar-refractivity contribution < 1.29 is 13.2 Å². The summed E-state index contributed by atoms with van der Waals surface area (Å²) in [5.74, 6) is 0. The minimum Gasteiger partial charge on any atom is -0.333 e. The van der Waals surface area contributed by atoms with Gasteiger partial charge in [-0.1, -0.05) is 34.6 Å². The van der Waals surface area contributed by atoms with Crippen LogP contribution in [0.3, 0.4) is 0 Å². The lowest BCUT2D eigenvalue weighted by Gasteiger charge is -2.10. The fourth-order valence-corrected chi connectivity index (χ4v) is 2.22. The molecule has 0 radical (unpaired) electrons. The summed E-state index contributed by atoms with van der Waals surface area (Å²) in [6.45, 7) is 3.83. The smallest absolute Gasteiger partial charge is 0.319 e. The summed E-state index contributed by atoms with van der Waals surface area (Å²) >= 11 is 3.10. The summed E-state index contributed by atoms with van der Waals surface area (Å²) in [4.78, 5) is 11.6. The third-order valence-corrected chi connectivity index (χ3v) is 3.41. The molecule has 0 atom stereocenters. The maximum atomic E-state index is 11.5. The monoisotopic (exact) mass is 332 g/mol. The van der Waals surface area contributed by atoms with Crippen molar-refractivity contribution in [2.75, 3.05) is 18.1 Å². The lowest BCUT2D eigenvalue weighted by Crippen LogP contribution is -2.30. The molecule has 2 amide bonds. The summed E-state index contributed by atoms with van der Waals surface area (Å²) in [5.41, 5.74) is 0.248. The van der Waals surface area contributed by atoms with Crippen LogP contribution in [-0.2, 0) is 9.84 Å². The van der Waals surface area contributed by atoms with Gasteiger partial charge in [0.2, 0.25) is 0 Å². The van der Waals surface area contributed by atoms with Gasteiger partial charge in [0, 0.05) is 10.7 Å². The van der Waals surface area contributed by atoms with Crippen molar-refractivity contribution in [3.05, 3.63) is 35.3 Å². The van der Waals surface area contributed by atoms with Gasteiger partial charge in [-0.2, -0.15) is 0 Å². The zero-order chi connectivity index (χ0) is 13.8. The number of para-hydroxylation sites is 1. The van der Waals surface area contributed by atoms with Gasteiger partial charge in [-0.25, -0.2) is 13.2 Å². The van der Waals surface area contributed by atoms with E-state index in [4.69, 9.17) is 0 Å². The number of sulfone groups is 1. The van der Waals surface area contributed by atoms with E-state index in [1.165, 1.54) is 12.1 Å². The van der Waals surface area contributed by atoms with Crippen LogP contribution in [0.15, 0.2) is 40.2 Å². The molecule has 0 aromatic heterocycles. The van der Waals surface area contributed by atoms with E-state index in [1.807, 2.05) is 0 Å². The van der Waals surface area contributed by atoms with Gasteiger partial charge in [0.25, 0.3) is 0 Å². The zero-order valence-electron chi connectivity index (χ0n) is 9.73. The van der Waals surface area contributed by atoms with Gasteiger partial charge in [0.05, 0.1) is 17.1 Å². The van der Waals surface area contributed by atoms with Gasteiger partial charge in [-0.15, -0.1) is 0 Å². The second kappa shape index (κ2) is 6.01. The topological polar surface area (TPSA) is 75.3 Å².